The first-order valence-electron chi connectivity index (χ1n) is 5.57. The van der Waals surface area contributed by atoms with Gasteiger partial charge in [0.1, 0.15) is 21.6 Å². The van der Waals surface area contributed by atoms with Gasteiger partial charge in [0.25, 0.3) is 5.91 Å². The molecule has 1 heterocycles. The number of nitrogens with zero attached hydrogens (tertiary/aromatic N) is 1. The number of rotatable bonds is 3. The molecule has 0 aliphatic carbocycles. The van der Waals surface area contributed by atoms with Crippen LogP contribution in [0, 0.1) is 0 Å². The Hall–Kier alpha value is -2.31. The minimum atomic E-state index is -1.27. The highest BCUT2D eigenvalue weighted by atomic mass is 35.5. The Balaban J connectivity index is 2.23. The number of carbonyl (C=O) groups excluding carboxylic acids is 1. The van der Waals surface area contributed by atoms with Crippen LogP contribution in [0.3, 0.4) is 0 Å². The van der Waals surface area contributed by atoms with Crippen LogP contribution in [0.4, 0.5) is 5.69 Å². The number of aromatic nitrogens is 1. The molecule has 2 rings (SSSR count). The lowest BCUT2D eigenvalue weighted by molar-refractivity contribution is 0.0693. The first-order valence-corrected chi connectivity index (χ1v) is 6.33. The third-order valence-electron chi connectivity index (χ3n) is 2.51. The van der Waals surface area contributed by atoms with E-state index in [9.17, 15) is 14.7 Å². The van der Waals surface area contributed by atoms with Gasteiger partial charge in [0.15, 0.2) is 0 Å². The van der Waals surface area contributed by atoms with E-state index >= 15 is 0 Å². The van der Waals surface area contributed by atoms with Crippen LogP contribution in [0.25, 0.3) is 0 Å². The van der Waals surface area contributed by atoms with Crippen LogP contribution >= 0.6 is 23.2 Å². The van der Waals surface area contributed by atoms with E-state index in [2.05, 4.69) is 10.3 Å². The number of carboxylic acid groups (broad SMARTS) is 1. The van der Waals surface area contributed by atoms with Gasteiger partial charge in [0.05, 0.1) is 0 Å². The highest BCUT2D eigenvalue weighted by Gasteiger charge is 2.13. The summed E-state index contributed by atoms with van der Waals surface area (Å²) in [5, 5.41) is 21.0. The van der Waals surface area contributed by atoms with Gasteiger partial charge < -0.3 is 15.5 Å². The summed E-state index contributed by atoms with van der Waals surface area (Å²) in [4.78, 5) is 26.5. The number of hydrogen-bond donors (Lipinski definition) is 3. The van der Waals surface area contributed by atoms with Crippen LogP contribution in [0.2, 0.25) is 10.3 Å². The number of pyridine rings is 1. The van der Waals surface area contributed by atoms with Crippen LogP contribution in [-0.4, -0.2) is 27.1 Å². The molecular formula is C13H8Cl2N2O4. The highest BCUT2D eigenvalue weighted by Crippen LogP contribution is 2.23. The topological polar surface area (TPSA) is 99.5 Å². The molecule has 6 nitrogen and oxygen atoms in total. The van der Waals surface area contributed by atoms with Crippen molar-refractivity contribution in [3.63, 3.8) is 0 Å². The van der Waals surface area contributed by atoms with Crippen molar-refractivity contribution in [2.75, 3.05) is 5.32 Å². The lowest BCUT2D eigenvalue weighted by atomic mass is 10.1. The summed E-state index contributed by atoms with van der Waals surface area (Å²) in [5.74, 6) is -2.24. The standard InChI is InChI=1S/C13H8Cl2N2O4/c14-10-3-6(4-11(15)17-10)12(19)16-7-1-2-8(13(20)21)9(18)5-7/h1-5,18H,(H,16,19)(H,20,21). The second kappa shape index (κ2) is 5.99. The van der Waals surface area contributed by atoms with Crippen LogP contribution in [0.5, 0.6) is 5.75 Å². The van der Waals surface area contributed by atoms with Gasteiger partial charge >= 0.3 is 5.97 Å². The molecule has 0 aliphatic heterocycles. The number of hydrogen-bond acceptors (Lipinski definition) is 4. The number of carboxylic acids is 1. The summed E-state index contributed by atoms with van der Waals surface area (Å²) in [7, 11) is 0. The molecule has 2 aromatic rings. The maximum atomic E-state index is 12.0. The lowest BCUT2D eigenvalue weighted by Crippen LogP contribution is -2.12. The molecule has 0 saturated heterocycles. The second-order valence-corrected chi connectivity index (χ2v) is 4.77. The van der Waals surface area contributed by atoms with Gasteiger partial charge in [-0.3, -0.25) is 4.79 Å². The largest absolute Gasteiger partial charge is 0.507 e. The Morgan fingerprint density at radius 1 is 1.10 bits per heavy atom. The van der Waals surface area contributed by atoms with Gasteiger partial charge in [-0.05, 0) is 24.3 Å². The Morgan fingerprint density at radius 2 is 1.71 bits per heavy atom. The Morgan fingerprint density at radius 3 is 2.24 bits per heavy atom. The van der Waals surface area contributed by atoms with Crippen molar-refractivity contribution < 1.29 is 19.8 Å². The van der Waals surface area contributed by atoms with Gasteiger partial charge in [0.2, 0.25) is 0 Å². The summed E-state index contributed by atoms with van der Waals surface area (Å²) in [6.07, 6.45) is 0. The predicted octanol–water partition coefficient (Wildman–Crippen LogP) is 3.04. The third-order valence-corrected chi connectivity index (χ3v) is 2.90. The minimum Gasteiger partial charge on any atom is -0.507 e. The molecule has 0 aliphatic rings. The van der Waals surface area contributed by atoms with E-state index in [0.29, 0.717) is 0 Å². The first kappa shape index (κ1) is 15.1. The summed E-state index contributed by atoms with van der Waals surface area (Å²) >= 11 is 11.4. The van der Waals surface area contributed by atoms with E-state index in [0.717, 1.165) is 6.07 Å². The van der Waals surface area contributed by atoms with Gasteiger partial charge in [0, 0.05) is 17.3 Å². The van der Waals surface area contributed by atoms with E-state index in [1.807, 2.05) is 0 Å². The Kier molecular flexibility index (Phi) is 4.30. The monoisotopic (exact) mass is 326 g/mol. The van der Waals surface area contributed by atoms with E-state index in [1.54, 1.807) is 0 Å². The van der Waals surface area contributed by atoms with Crippen LogP contribution < -0.4 is 5.32 Å². The summed E-state index contributed by atoms with van der Waals surface area (Å²) < 4.78 is 0. The maximum absolute atomic E-state index is 12.0. The molecule has 1 aromatic heterocycles. The Bertz CT molecular complexity index is 714. The molecule has 108 valence electrons. The number of nitrogens with one attached hydrogen (secondary N) is 1. The molecule has 0 bridgehead atoms. The number of anilines is 1. The number of amides is 1. The molecular weight excluding hydrogens is 319 g/mol. The number of aromatic carboxylic acids is 1. The fraction of sp³-hybridized carbons (Fsp3) is 0. The smallest absolute Gasteiger partial charge is 0.339 e. The molecule has 3 N–H and O–H groups in total. The van der Waals surface area contributed by atoms with Gasteiger partial charge in [-0.25, -0.2) is 9.78 Å². The zero-order valence-electron chi connectivity index (χ0n) is 10.3. The summed E-state index contributed by atoms with van der Waals surface area (Å²) in [6.45, 7) is 0. The molecule has 21 heavy (non-hydrogen) atoms. The average Bonchev–Trinajstić information content (AvgIpc) is 2.37. The zero-order chi connectivity index (χ0) is 15.6. The molecule has 1 amide bonds. The van der Waals surface area contributed by atoms with Crippen molar-refractivity contribution in [1.82, 2.24) is 4.98 Å². The second-order valence-electron chi connectivity index (χ2n) is 3.99. The molecule has 0 atom stereocenters. The average molecular weight is 327 g/mol. The van der Waals surface area contributed by atoms with Crippen molar-refractivity contribution in [3.05, 3.63) is 51.8 Å². The zero-order valence-corrected chi connectivity index (χ0v) is 11.8. The van der Waals surface area contributed by atoms with E-state index in [1.165, 1.54) is 24.3 Å². The number of aromatic hydroxyl groups is 1. The first-order chi connectivity index (χ1) is 9.86. The predicted molar refractivity (Wildman–Crippen MR) is 77.3 cm³/mol. The van der Waals surface area contributed by atoms with Crippen LogP contribution in [0.1, 0.15) is 20.7 Å². The summed E-state index contributed by atoms with van der Waals surface area (Å²) in [5.41, 5.74) is 0.149. The van der Waals surface area contributed by atoms with E-state index in [-0.39, 0.29) is 27.1 Å². The number of benzene rings is 1. The molecule has 1 aromatic carbocycles. The van der Waals surface area contributed by atoms with E-state index < -0.39 is 17.6 Å². The number of halogens is 2. The lowest BCUT2D eigenvalue weighted by Gasteiger charge is -2.07. The molecule has 0 radical (unpaired) electrons. The van der Waals surface area contributed by atoms with Crippen molar-refractivity contribution in [3.8, 4) is 5.75 Å². The Labute approximate surface area is 129 Å². The normalized spacial score (nSPS) is 10.2. The van der Waals surface area contributed by atoms with Gasteiger partial charge in [-0.2, -0.15) is 0 Å². The van der Waals surface area contributed by atoms with Crippen molar-refractivity contribution >= 4 is 40.8 Å². The van der Waals surface area contributed by atoms with Gasteiger partial charge in [-0.15, -0.1) is 0 Å². The van der Waals surface area contributed by atoms with E-state index in [4.69, 9.17) is 28.3 Å². The van der Waals surface area contributed by atoms with Crippen molar-refractivity contribution in [2.24, 2.45) is 0 Å². The minimum absolute atomic E-state index is 0.0664. The summed E-state index contributed by atoms with van der Waals surface area (Å²) in [6, 6.07) is 6.32. The third kappa shape index (κ3) is 3.62. The molecule has 0 saturated carbocycles. The number of phenols is 1. The SMILES string of the molecule is O=C(Nc1ccc(C(=O)O)c(O)c1)c1cc(Cl)nc(Cl)c1. The maximum Gasteiger partial charge on any atom is 0.339 e. The highest BCUT2D eigenvalue weighted by molar-refractivity contribution is 6.33. The quantitative estimate of drug-likeness (QED) is 0.753. The molecule has 8 heteroatoms. The van der Waals surface area contributed by atoms with Crippen LogP contribution in [-0.2, 0) is 0 Å². The molecule has 0 unspecified atom stereocenters. The van der Waals surface area contributed by atoms with Crippen molar-refractivity contribution in [1.29, 1.82) is 0 Å². The fourth-order valence-corrected chi connectivity index (χ4v) is 2.05. The van der Waals surface area contributed by atoms with Gasteiger partial charge in [-0.1, -0.05) is 23.2 Å². The number of carbonyl (C=O) groups is 2. The van der Waals surface area contributed by atoms with Crippen LogP contribution in [0.15, 0.2) is 30.3 Å². The van der Waals surface area contributed by atoms with Crippen molar-refractivity contribution in [2.45, 2.75) is 0 Å². The fourth-order valence-electron chi connectivity index (χ4n) is 1.59. The molecule has 0 spiro atoms. The molecule has 0 fully saturated rings.